The van der Waals surface area contributed by atoms with Crippen LogP contribution in [0.5, 0.6) is 0 Å². The van der Waals surface area contributed by atoms with Gasteiger partial charge in [-0.25, -0.2) is 9.48 Å². The number of ether oxygens (including phenoxy) is 1. The number of anilines is 1. The number of thioether (sulfide) groups is 1. The number of nitrogens with zero attached hydrogens (tertiary/aromatic N) is 3. The zero-order valence-corrected chi connectivity index (χ0v) is 20.7. The minimum atomic E-state index is -0.626. The highest BCUT2D eigenvalue weighted by molar-refractivity contribution is 8.00. The van der Waals surface area contributed by atoms with Gasteiger partial charge in [-0.1, -0.05) is 29.8 Å². The van der Waals surface area contributed by atoms with Gasteiger partial charge in [0.15, 0.2) is 6.61 Å². The van der Waals surface area contributed by atoms with E-state index in [1.807, 2.05) is 45.0 Å². The molecule has 2 amide bonds. The summed E-state index contributed by atoms with van der Waals surface area (Å²) in [6.45, 7) is 5.24. The number of hydrogen-bond donors (Lipinski definition) is 1. The van der Waals surface area contributed by atoms with Crippen molar-refractivity contribution in [2.45, 2.75) is 25.7 Å². The molecule has 3 rings (SSSR count). The van der Waals surface area contributed by atoms with E-state index >= 15 is 0 Å². The molecule has 0 aliphatic carbocycles. The van der Waals surface area contributed by atoms with Crippen molar-refractivity contribution >= 4 is 35.2 Å². The number of amides is 2. The summed E-state index contributed by atoms with van der Waals surface area (Å²) in [7, 11) is 3.35. The van der Waals surface area contributed by atoms with Crippen LogP contribution in [0.2, 0.25) is 0 Å². The number of carbonyl (C=O) groups excluding carboxylic acids is 3. The van der Waals surface area contributed by atoms with Gasteiger partial charge in [0.1, 0.15) is 0 Å². The maximum atomic E-state index is 12.6. The lowest BCUT2D eigenvalue weighted by molar-refractivity contribution is -0.125. The molecule has 0 unspecified atom stereocenters. The molecule has 0 spiro atoms. The number of nitrogens with one attached hydrogen (secondary N) is 1. The molecule has 0 aliphatic rings. The van der Waals surface area contributed by atoms with Crippen LogP contribution >= 0.6 is 11.8 Å². The molecule has 0 aliphatic heterocycles. The minimum Gasteiger partial charge on any atom is -0.452 e. The third-order valence-electron chi connectivity index (χ3n) is 5.13. The van der Waals surface area contributed by atoms with Crippen molar-refractivity contribution in [3.63, 3.8) is 0 Å². The van der Waals surface area contributed by atoms with Gasteiger partial charge in [-0.15, -0.1) is 11.8 Å². The van der Waals surface area contributed by atoms with Crippen molar-refractivity contribution < 1.29 is 19.1 Å². The topological polar surface area (TPSA) is 93.5 Å². The van der Waals surface area contributed by atoms with Crippen molar-refractivity contribution in [2.75, 3.05) is 31.8 Å². The molecule has 0 bridgehead atoms. The summed E-state index contributed by atoms with van der Waals surface area (Å²) >= 11 is 1.25. The lowest BCUT2D eigenvalue weighted by Gasteiger charge is -2.12. The molecular formula is C25H28N4O4S. The Morgan fingerprint density at radius 1 is 1.03 bits per heavy atom. The van der Waals surface area contributed by atoms with Gasteiger partial charge in [-0.2, -0.15) is 5.10 Å². The first kappa shape index (κ1) is 25.0. The van der Waals surface area contributed by atoms with E-state index < -0.39 is 18.5 Å². The fraction of sp³-hybridized carbons (Fsp3) is 0.280. The van der Waals surface area contributed by atoms with Gasteiger partial charge in [-0.3, -0.25) is 9.59 Å². The second-order valence-electron chi connectivity index (χ2n) is 7.99. The second kappa shape index (κ2) is 11.0. The van der Waals surface area contributed by atoms with Crippen LogP contribution in [0.15, 0.2) is 53.4 Å². The van der Waals surface area contributed by atoms with Crippen molar-refractivity contribution in [2.24, 2.45) is 0 Å². The predicted octanol–water partition coefficient (Wildman–Crippen LogP) is 3.77. The van der Waals surface area contributed by atoms with E-state index in [2.05, 4.69) is 10.4 Å². The van der Waals surface area contributed by atoms with Crippen LogP contribution in [0.4, 0.5) is 5.69 Å². The minimum absolute atomic E-state index is 0.0653. The van der Waals surface area contributed by atoms with Crippen molar-refractivity contribution in [3.05, 3.63) is 71.0 Å². The van der Waals surface area contributed by atoms with Crippen LogP contribution in [-0.4, -0.2) is 58.9 Å². The molecule has 0 saturated carbocycles. The average molecular weight is 481 g/mol. The van der Waals surface area contributed by atoms with Crippen molar-refractivity contribution in [1.29, 1.82) is 0 Å². The Bertz CT molecular complexity index is 1200. The first-order valence-electron chi connectivity index (χ1n) is 10.7. The summed E-state index contributed by atoms with van der Waals surface area (Å²) in [4.78, 5) is 39.1. The highest BCUT2D eigenvalue weighted by Gasteiger charge is 2.18. The Morgan fingerprint density at radius 3 is 2.38 bits per heavy atom. The molecule has 2 aromatic carbocycles. The fourth-order valence-corrected chi connectivity index (χ4v) is 4.19. The number of aryl methyl sites for hydroxylation is 2. The molecule has 34 heavy (non-hydrogen) atoms. The first-order chi connectivity index (χ1) is 16.2. The summed E-state index contributed by atoms with van der Waals surface area (Å²) in [5.74, 6) is -0.957. The smallest absolute Gasteiger partial charge is 0.339 e. The number of hydrogen-bond acceptors (Lipinski definition) is 6. The normalized spacial score (nSPS) is 10.6. The number of rotatable bonds is 8. The van der Waals surface area contributed by atoms with Gasteiger partial charge in [0, 0.05) is 19.0 Å². The van der Waals surface area contributed by atoms with Crippen LogP contribution in [0, 0.1) is 20.8 Å². The quantitative estimate of drug-likeness (QED) is 0.390. The molecule has 3 aromatic rings. The largest absolute Gasteiger partial charge is 0.452 e. The third kappa shape index (κ3) is 6.05. The van der Waals surface area contributed by atoms with E-state index in [-0.39, 0.29) is 11.7 Å². The van der Waals surface area contributed by atoms with Crippen LogP contribution in [0.1, 0.15) is 27.3 Å². The van der Waals surface area contributed by atoms with E-state index in [1.54, 1.807) is 43.0 Å². The van der Waals surface area contributed by atoms with Gasteiger partial charge in [0.05, 0.1) is 34.1 Å². The van der Waals surface area contributed by atoms with E-state index in [0.717, 1.165) is 16.9 Å². The predicted molar refractivity (Wildman–Crippen MR) is 133 cm³/mol. The van der Waals surface area contributed by atoms with Gasteiger partial charge in [0.25, 0.3) is 5.91 Å². The Labute approximate surface area is 203 Å². The Balaban J connectivity index is 1.63. The van der Waals surface area contributed by atoms with E-state index in [9.17, 15) is 14.4 Å². The first-order valence-corrected chi connectivity index (χ1v) is 11.7. The maximum Gasteiger partial charge on any atom is 0.339 e. The van der Waals surface area contributed by atoms with Crippen LogP contribution in [0.3, 0.4) is 0 Å². The summed E-state index contributed by atoms with van der Waals surface area (Å²) in [5, 5.41) is 7.32. The van der Waals surface area contributed by atoms with Crippen LogP contribution in [0.25, 0.3) is 5.69 Å². The van der Waals surface area contributed by atoms with Crippen molar-refractivity contribution in [1.82, 2.24) is 14.7 Å². The SMILES string of the molecule is Cc1ccc(-n2nc(C)c(NC(=O)COC(=O)c3ccccc3SCC(=O)N(C)C)c2C)cc1. The second-order valence-corrected chi connectivity index (χ2v) is 9.01. The van der Waals surface area contributed by atoms with Gasteiger partial charge < -0.3 is 15.0 Å². The standard InChI is InChI=1S/C25H28N4O4S/c1-16-10-12-19(13-11-16)29-18(3)24(17(2)27-29)26-22(30)14-33-25(32)20-8-6-7-9-21(20)34-15-23(31)28(4)5/h6-13H,14-15H2,1-5H3,(H,26,30). The van der Waals surface area contributed by atoms with Crippen LogP contribution in [-0.2, 0) is 14.3 Å². The van der Waals surface area contributed by atoms with E-state index in [0.29, 0.717) is 21.8 Å². The lowest BCUT2D eigenvalue weighted by Crippen LogP contribution is -2.23. The molecule has 8 nitrogen and oxygen atoms in total. The Morgan fingerprint density at radius 2 is 1.71 bits per heavy atom. The monoisotopic (exact) mass is 480 g/mol. The molecule has 1 N–H and O–H groups in total. The van der Waals surface area contributed by atoms with Gasteiger partial charge in [-0.05, 0) is 45.0 Å². The zero-order valence-electron chi connectivity index (χ0n) is 19.9. The number of aromatic nitrogens is 2. The van der Waals surface area contributed by atoms with Crippen molar-refractivity contribution in [3.8, 4) is 5.69 Å². The molecule has 1 heterocycles. The average Bonchev–Trinajstić information content (AvgIpc) is 3.09. The van der Waals surface area contributed by atoms with Gasteiger partial charge >= 0.3 is 5.97 Å². The maximum absolute atomic E-state index is 12.6. The molecule has 1 aromatic heterocycles. The van der Waals surface area contributed by atoms with E-state index in [1.165, 1.54) is 16.7 Å². The molecule has 0 radical (unpaired) electrons. The number of esters is 1. The Hall–Kier alpha value is -3.59. The number of carbonyl (C=O) groups is 3. The molecule has 178 valence electrons. The summed E-state index contributed by atoms with van der Waals surface area (Å²) in [6, 6.07) is 14.8. The Kier molecular flexibility index (Phi) is 8.12. The number of benzene rings is 2. The lowest BCUT2D eigenvalue weighted by atomic mass is 10.2. The summed E-state index contributed by atoms with van der Waals surface area (Å²) in [6.07, 6.45) is 0. The zero-order chi connectivity index (χ0) is 24.8. The third-order valence-corrected chi connectivity index (χ3v) is 6.18. The molecule has 0 fully saturated rings. The molecular weight excluding hydrogens is 452 g/mol. The highest BCUT2D eigenvalue weighted by Crippen LogP contribution is 2.25. The molecule has 0 atom stereocenters. The fourth-order valence-electron chi connectivity index (χ4n) is 3.18. The molecule has 0 saturated heterocycles. The molecule has 9 heteroatoms. The van der Waals surface area contributed by atoms with Gasteiger partial charge in [0.2, 0.25) is 5.91 Å². The van der Waals surface area contributed by atoms with Crippen LogP contribution < -0.4 is 5.32 Å². The summed E-state index contributed by atoms with van der Waals surface area (Å²) < 4.78 is 7.02. The summed E-state index contributed by atoms with van der Waals surface area (Å²) in [5.41, 5.74) is 4.36. The van der Waals surface area contributed by atoms with E-state index in [4.69, 9.17) is 4.74 Å². The highest BCUT2D eigenvalue weighted by atomic mass is 32.2.